The summed E-state index contributed by atoms with van der Waals surface area (Å²) < 4.78 is 11.2. The first kappa shape index (κ1) is 31.1. The summed E-state index contributed by atoms with van der Waals surface area (Å²) >= 11 is 0. The quantitative estimate of drug-likeness (QED) is 0.243. The van der Waals surface area contributed by atoms with Gasteiger partial charge in [0.2, 0.25) is 6.29 Å². The van der Waals surface area contributed by atoms with Crippen molar-refractivity contribution in [1.29, 1.82) is 0 Å². The Labute approximate surface area is 221 Å². The van der Waals surface area contributed by atoms with Gasteiger partial charge < -0.3 is 35.0 Å². The average Bonchev–Trinajstić information content (AvgIpc) is 2.87. The number of aliphatic hydroxyl groups excluding tert-OH is 4. The lowest BCUT2D eigenvalue weighted by Crippen LogP contribution is -2.54. The van der Waals surface area contributed by atoms with Crippen LogP contribution in [0.2, 0.25) is 0 Å². The maximum absolute atomic E-state index is 10.7. The zero-order valence-corrected chi connectivity index (χ0v) is 23.0. The van der Waals surface area contributed by atoms with Crippen LogP contribution in [0.25, 0.3) is 0 Å². The van der Waals surface area contributed by atoms with E-state index in [1.807, 2.05) is 13.8 Å². The second-order valence-corrected chi connectivity index (χ2v) is 10.3. The lowest BCUT2D eigenvalue weighted by Gasteiger charge is -2.35. The Hall–Kier alpha value is -2.16. The third-order valence-corrected chi connectivity index (χ3v) is 7.06. The molecule has 2 rings (SSSR count). The Kier molecular flexibility index (Phi) is 12.8. The standard InChI is InChI=1S/C30H46O7/c1-19(9-6-11-20(2)13-8-16-31)10-7-12-21(3)14-15-24-17-26(22(4)23(5)27(24)33)37-30-29(35)28(34)25(32)18-36-30/h10-11,14,17,25,28-35H,6-9,12-13,15-16,18H2,1-5H3/b19-10+,20-11+,21-14+/t25-,28+,29-,30+/m1/s1. The van der Waals surface area contributed by atoms with Gasteiger partial charge in [0.1, 0.15) is 29.8 Å². The summed E-state index contributed by atoms with van der Waals surface area (Å²) in [5.74, 6) is 0.677. The van der Waals surface area contributed by atoms with Crippen LogP contribution < -0.4 is 4.74 Å². The van der Waals surface area contributed by atoms with Crippen LogP contribution in [0.4, 0.5) is 0 Å². The summed E-state index contributed by atoms with van der Waals surface area (Å²) in [6, 6.07) is 1.75. The van der Waals surface area contributed by atoms with Gasteiger partial charge in [0.15, 0.2) is 0 Å². The SMILES string of the molecule is C/C(=C\CC/C(C)=C/Cc1cc(O[C@@H]2OC[C@@H](O)[C@H](O)[C@H]2O)c(C)c(C)c1O)CC/C=C(\C)CCCO. The molecule has 1 saturated heterocycles. The van der Waals surface area contributed by atoms with Crippen molar-refractivity contribution < 1.29 is 35.0 Å². The first-order chi connectivity index (χ1) is 17.5. The first-order valence-electron chi connectivity index (χ1n) is 13.3. The van der Waals surface area contributed by atoms with E-state index in [2.05, 4.69) is 39.0 Å². The van der Waals surface area contributed by atoms with Crippen molar-refractivity contribution in [3.8, 4) is 11.5 Å². The molecule has 1 fully saturated rings. The predicted molar refractivity (Wildman–Crippen MR) is 146 cm³/mol. The molecule has 0 radical (unpaired) electrons. The Balaban J connectivity index is 1.95. The van der Waals surface area contributed by atoms with E-state index in [1.54, 1.807) is 6.07 Å². The van der Waals surface area contributed by atoms with Gasteiger partial charge in [0.25, 0.3) is 0 Å². The molecule has 0 aliphatic carbocycles. The van der Waals surface area contributed by atoms with Crippen molar-refractivity contribution in [2.45, 2.75) is 104 Å². The third kappa shape index (κ3) is 9.58. The zero-order chi connectivity index (χ0) is 27.5. The van der Waals surface area contributed by atoms with Crippen LogP contribution in [0.15, 0.2) is 41.0 Å². The van der Waals surface area contributed by atoms with Gasteiger partial charge >= 0.3 is 0 Å². The molecule has 208 valence electrons. The number of benzene rings is 1. The van der Waals surface area contributed by atoms with Crippen molar-refractivity contribution in [2.24, 2.45) is 0 Å². The molecule has 5 N–H and O–H groups in total. The molecule has 37 heavy (non-hydrogen) atoms. The Morgan fingerprint density at radius 3 is 2.14 bits per heavy atom. The van der Waals surface area contributed by atoms with E-state index in [0.29, 0.717) is 23.3 Å². The Bertz CT molecular complexity index is 963. The van der Waals surface area contributed by atoms with E-state index in [1.165, 1.54) is 16.7 Å². The van der Waals surface area contributed by atoms with Crippen molar-refractivity contribution in [1.82, 2.24) is 0 Å². The van der Waals surface area contributed by atoms with Gasteiger partial charge in [-0.05, 0) is 96.8 Å². The maximum Gasteiger partial charge on any atom is 0.228 e. The molecule has 0 spiro atoms. The molecule has 1 aromatic rings. The van der Waals surface area contributed by atoms with Crippen LogP contribution in [0.1, 0.15) is 76.0 Å². The van der Waals surface area contributed by atoms with Gasteiger partial charge in [-0.3, -0.25) is 0 Å². The van der Waals surface area contributed by atoms with Crippen molar-refractivity contribution in [3.63, 3.8) is 0 Å². The molecule has 7 nitrogen and oxygen atoms in total. The van der Waals surface area contributed by atoms with E-state index in [-0.39, 0.29) is 19.0 Å². The molecule has 0 bridgehead atoms. The van der Waals surface area contributed by atoms with Gasteiger partial charge in [-0.1, -0.05) is 34.9 Å². The number of hydrogen-bond donors (Lipinski definition) is 5. The number of phenolic OH excluding ortho intramolecular Hbond substituents is 1. The van der Waals surface area contributed by atoms with E-state index < -0.39 is 24.6 Å². The fraction of sp³-hybridized carbons (Fsp3) is 0.600. The van der Waals surface area contributed by atoms with Gasteiger partial charge in [0.05, 0.1) is 6.61 Å². The zero-order valence-electron chi connectivity index (χ0n) is 23.0. The van der Waals surface area contributed by atoms with Crippen LogP contribution in [0.5, 0.6) is 11.5 Å². The van der Waals surface area contributed by atoms with Crippen molar-refractivity contribution >= 4 is 0 Å². The van der Waals surface area contributed by atoms with E-state index in [9.17, 15) is 20.4 Å². The highest BCUT2D eigenvalue weighted by Crippen LogP contribution is 2.35. The predicted octanol–water partition coefficient (Wildman–Crippen LogP) is 4.54. The monoisotopic (exact) mass is 518 g/mol. The molecule has 4 atom stereocenters. The van der Waals surface area contributed by atoms with Gasteiger partial charge in [-0.25, -0.2) is 0 Å². The average molecular weight is 519 g/mol. The summed E-state index contributed by atoms with van der Waals surface area (Å²) in [5, 5.41) is 49.4. The van der Waals surface area contributed by atoms with Crippen LogP contribution in [0, 0.1) is 13.8 Å². The fourth-order valence-corrected chi connectivity index (χ4v) is 4.26. The lowest BCUT2D eigenvalue weighted by atomic mass is 9.99. The van der Waals surface area contributed by atoms with Gasteiger partial charge in [0, 0.05) is 12.2 Å². The molecule has 1 aromatic carbocycles. The molecule has 1 aliphatic rings. The van der Waals surface area contributed by atoms with Gasteiger partial charge in [-0.2, -0.15) is 0 Å². The smallest absolute Gasteiger partial charge is 0.228 e. The second-order valence-electron chi connectivity index (χ2n) is 10.3. The number of hydrogen-bond acceptors (Lipinski definition) is 7. The minimum absolute atomic E-state index is 0.136. The highest BCUT2D eigenvalue weighted by Gasteiger charge is 2.39. The van der Waals surface area contributed by atoms with Crippen molar-refractivity contribution in [3.05, 3.63) is 57.7 Å². The summed E-state index contributed by atoms with van der Waals surface area (Å²) in [6.07, 6.45) is 7.91. The number of allylic oxidation sites excluding steroid dienone is 6. The highest BCUT2D eigenvalue weighted by molar-refractivity contribution is 5.52. The molecular weight excluding hydrogens is 472 g/mol. The lowest BCUT2D eigenvalue weighted by molar-refractivity contribution is -0.242. The Morgan fingerprint density at radius 2 is 1.51 bits per heavy atom. The molecule has 0 saturated carbocycles. The van der Waals surface area contributed by atoms with E-state index in [0.717, 1.165) is 44.1 Å². The molecule has 1 heterocycles. The third-order valence-electron chi connectivity index (χ3n) is 7.06. The normalized spacial score (nSPS) is 23.4. The minimum Gasteiger partial charge on any atom is -0.507 e. The number of rotatable bonds is 13. The molecule has 0 unspecified atom stereocenters. The second kappa shape index (κ2) is 15.3. The summed E-state index contributed by atoms with van der Waals surface area (Å²) in [7, 11) is 0. The number of ether oxygens (including phenoxy) is 2. The largest absolute Gasteiger partial charge is 0.507 e. The minimum atomic E-state index is -1.38. The van der Waals surface area contributed by atoms with Crippen molar-refractivity contribution in [2.75, 3.05) is 13.2 Å². The maximum atomic E-state index is 10.7. The van der Waals surface area contributed by atoms with Crippen LogP contribution in [-0.4, -0.2) is 63.3 Å². The molecule has 7 heteroatoms. The molecule has 0 aromatic heterocycles. The molecule has 1 aliphatic heterocycles. The topological polar surface area (TPSA) is 120 Å². The van der Waals surface area contributed by atoms with Crippen LogP contribution >= 0.6 is 0 Å². The first-order valence-corrected chi connectivity index (χ1v) is 13.3. The van der Waals surface area contributed by atoms with E-state index >= 15 is 0 Å². The summed E-state index contributed by atoms with van der Waals surface area (Å²) in [6.45, 7) is 10.1. The molecule has 0 amide bonds. The van der Waals surface area contributed by atoms with E-state index in [4.69, 9.17) is 14.6 Å². The number of aliphatic hydroxyl groups is 4. The summed E-state index contributed by atoms with van der Waals surface area (Å²) in [5.41, 5.74) is 6.05. The van der Waals surface area contributed by atoms with Gasteiger partial charge in [-0.15, -0.1) is 0 Å². The van der Waals surface area contributed by atoms with Crippen LogP contribution in [-0.2, 0) is 11.2 Å². The molecular formula is C30H46O7. The number of aromatic hydroxyl groups is 1. The summed E-state index contributed by atoms with van der Waals surface area (Å²) in [4.78, 5) is 0. The van der Waals surface area contributed by atoms with Crippen LogP contribution in [0.3, 0.4) is 0 Å². The Morgan fingerprint density at radius 1 is 0.919 bits per heavy atom. The fourth-order valence-electron chi connectivity index (χ4n) is 4.26. The highest BCUT2D eigenvalue weighted by atomic mass is 16.7. The number of phenols is 1.